The number of hydrogen-bond donors (Lipinski definition) is 2. The van der Waals surface area contributed by atoms with E-state index in [4.69, 9.17) is 16.7 Å². The van der Waals surface area contributed by atoms with Gasteiger partial charge in [0.2, 0.25) is 0 Å². The van der Waals surface area contributed by atoms with Crippen LogP contribution in [-0.2, 0) is 0 Å². The van der Waals surface area contributed by atoms with E-state index in [0.29, 0.717) is 11.6 Å². The van der Waals surface area contributed by atoms with Crippen LogP contribution < -0.4 is 10.3 Å². The summed E-state index contributed by atoms with van der Waals surface area (Å²) in [5.41, 5.74) is 7.11. The fourth-order valence-electron chi connectivity index (χ4n) is 2.33. The lowest BCUT2D eigenvalue weighted by Gasteiger charge is -2.22. The van der Waals surface area contributed by atoms with Crippen LogP contribution in [0.4, 0.5) is 11.4 Å². The Morgan fingerprint density at radius 2 is 2.09 bits per heavy atom. The number of likely N-dealkylation sites (N-methyl/N-ethyl adjacent to an activating group) is 1. The van der Waals surface area contributed by atoms with Gasteiger partial charge in [0.15, 0.2) is 0 Å². The van der Waals surface area contributed by atoms with Gasteiger partial charge in [-0.15, -0.1) is 0 Å². The molecule has 4 nitrogen and oxygen atoms in total. The molecule has 0 atom stereocenters. The van der Waals surface area contributed by atoms with Gasteiger partial charge in [-0.1, -0.05) is 23.7 Å². The van der Waals surface area contributed by atoms with Crippen molar-refractivity contribution in [3.63, 3.8) is 0 Å². The predicted molar refractivity (Wildman–Crippen MR) is 98.8 cm³/mol. The predicted octanol–water partition coefficient (Wildman–Crippen LogP) is 3.91. The van der Waals surface area contributed by atoms with E-state index in [1.54, 1.807) is 6.21 Å². The molecule has 0 fully saturated rings. The maximum absolute atomic E-state index is 9.12. The quantitative estimate of drug-likeness (QED) is 0.597. The van der Waals surface area contributed by atoms with Gasteiger partial charge in [-0.3, -0.25) is 5.43 Å². The maximum Gasteiger partial charge on any atom is 0.0606 e. The first-order valence-electron chi connectivity index (χ1n) is 7.65. The van der Waals surface area contributed by atoms with E-state index in [-0.39, 0.29) is 6.61 Å². The molecule has 2 aromatic rings. The van der Waals surface area contributed by atoms with Crippen molar-refractivity contribution in [2.45, 2.75) is 13.8 Å². The minimum atomic E-state index is 0.152. The Hall–Kier alpha value is -2.04. The van der Waals surface area contributed by atoms with E-state index in [1.807, 2.05) is 36.4 Å². The molecule has 0 spiro atoms. The molecule has 0 aliphatic rings. The highest BCUT2D eigenvalue weighted by Gasteiger charge is 2.05. The number of benzene rings is 2. The molecule has 23 heavy (non-hydrogen) atoms. The molecular weight excluding hydrogens is 310 g/mol. The lowest BCUT2D eigenvalue weighted by Crippen LogP contribution is -2.26. The molecular formula is C18H22ClN3O. The summed E-state index contributed by atoms with van der Waals surface area (Å²) in [6, 6.07) is 13.6. The van der Waals surface area contributed by atoms with Crippen molar-refractivity contribution >= 4 is 29.2 Å². The van der Waals surface area contributed by atoms with Gasteiger partial charge in [-0.05, 0) is 55.3 Å². The van der Waals surface area contributed by atoms with Crippen molar-refractivity contribution in [3.05, 3.63) is 58.6 Å². The minimum absolute atomic E-state index is 0.152. The smallest absolute Gasteiger partial charge is 0.0606 e. The minimum Gasteiger partial charge on any atom is -0.395 e. The van der Waals surface area contributed by atoms with E-state index in [2.05, 4.69) is 35.3 Å². The van der Waals surface area contributed by atoms with Crippen LogP contribution >= 0.6 is 11.6 Å². The van der Waals surface area contributed by atoms with Crippen LogP contribution in [0.2, 0.25) is 5.02 Å². The average molecular weight is 332 g/mol. The van der Waals surface area contributed by atoms with Gasteiger partial charge in [-0.25, -0.2) is 0 Å². The molecule has 0 heterocycles. The van der Waals surface area contributed by atoms with E-state index in [9.17, 15) is 0 Å². The second kappa shape index (κ2) is 8.56. The largest absolute Gasteiger partial charge is 0.395 e. The summed E-state index contributed by atoms with van der Waals surface area (Å²) < 4.78 is 0. The Balaban J connectivity index is 2.07. The number of anilines is 2. The zero-order chi connectivity index (χ0) is 16.7. The Bertz CT molecular complexity index is 673. The lowest BCUT2D eigenvalue weighted by molar-refractivity contribution is 0.302. The summed E-state index contributed by atoms with van der Waals surface area (Å²) >= 11 is 5.94. The van der Waals surface area contributed by atoms with Crippen LogP contribution in [0.3, 0.4) is 0 Å². The zero-order valence-electron chi connectivity index (χ0n) is 13.5. The third-order valence-corrected chi connectivity index (χ3v) is 3.83. The van der Waals surface area contributed by atoms with E-state index >= 15 is 0 Å². The highest BCUT2D eigenvalue weighted by Crippen LogP contribution is 2.18. The third-order valence-electron chi connectivity index (χ3n) is 3.59. The molecule has 0 saturated heterocycles. The normalized spacial score (nSPS) is 11.0. The standard InChI is InChI=1S/C18H22ClN3O/c1-3-22(9-10-23)18-8-7-15(14(2)11-18)13-20-21-17-6-4-5-16(19)12-17/h4-8,11-13,21,23H,3,9-10H2,1-2H3/b20-13-. The van der Waals surface area contributed by atoms with Crippen molar-refractivity contribution in [2.75, 3.05) is 30.0 Å². The molecule has 0 aromatic heterocycles. The number of rotatable bonds is 7. The van der Waals surface area contributed by atoms with Gasteiger partial charge in [0.05, 0.1) is 18.5 Å². The van der Waals surface area contributed by atoms with Gasteiger partial charge in [0.25, 0.3) is 0 Å². The second-order valence-electron chi connectivity index (χ2n) is 5.22. The number of halogens is 1. The number of aliphatic hydroxyl groups excluding tert-OH is 1. The number of nitrogens with one attached hydrogen (secondary N) is 1. The zero-order valence-corrected chi connectivity index (χ0v) is 14.2. The first kappa shape index (κ1) is 17.3. The first-order valence-corrected chi connectivity index (χ1v) is 8.03. The molecule has 0 aliphatic heterocycles. The molecule has 0 aliphatic carbocycles. The molecule has 0 amide bonds. The fourth-order valence-corrected chi connectivity index (χ4v) is 2.52. The number of hydrogen-bond acceptors (Lipinski definition) is 4. The van der Waals surface area contributed by atoms with Crippen molar-refractivity contribution in [2.24, 2.45) is 5.10 Å². The van der Waals surface area contributed by atoms with E-state index in [0.717, 1.165) is 29.0 Å². The Labute approximate surface area is 142 Å². The number of nitrogens with zero attached hydrogens (tertiary/aromatic N) is 2. The van der Waals surface area contributed by atoms with Gasteiger partial charge in [0.1, 0.15) is 0 Å². The molecule has 0 saturated carbocycles. The number of hydrazone groups is 1. The summed E-state index contributed by atoms with van der Waals surface area (Å²) in [6.07, 6.45) is 1.79. The summed E-state index contributed by atoms with van der Waals surface area (Å²) in [5, 5.41) is 14.0. The molecule has 2 rings (SSSR count). The van der Waals surface area contributed by atoms with Crippen LogP contribution in [0.5, 0.6) is 0 Å². The average Bonchev–Trinajstić information content (AvgIpc) is 2.54. The molecule has 0 unspecified atom stereocenters. The Kier molecular flexibility index (Phi) is 6.44. The summed E-state index contributed by atoms with van der Waals surface area (Å²) in [7, 11) is 0. The summed E-state index contributed by atoms with van der Waals surface area (Å²) in [5.74, 6) is 0. The second-order valence-corrected chi connectivity index (χ2v) is 5.66. The molecule has 5 heteroatoms. The SMILES string of the molecule is CCN(CCO)c1ccc(/C=N\Nc2cccc(Cl)c2)c(C)c1. The van der Waals surface area contributed by atoms with Crippen LogP contribution in [-0.4, -0.2) is 31.0 Å². The van der Waals surface area contributed by atoms with Crippen molar-refractivity contribution in [1.29, 1.82) is 0 Å². The van der Waals surface area contributed by atoms with Crippen molar-refractivity contribution in [3.8, 4) is 0 Å². The topological polar surface area (TPSA) is 47.9 Å². The summed E-state index contributed by atoms with van der Waals surface area (Å²) in [6.45, 7) is 5.79. The lowest BCUT2D eigenvalue weighted by atomic mass is 10.1. The van der Waals surface area contributed by atoms with Crippen LogP contribution in [0.1, 0.15) is 18.1 Å². The first-order chi connectivity index (χ1) is 11.1. The van der Waals surface area contributed by atoms with Gasteiger partial charge >= 0.3 is 0 Å². The number of aryl methyl sites for hydroxylation is 1. The fraction of sp³-hybridized carbons (Fsp3) is 0.278. The summed E-state index contributed by atoms with van der Waals surface area (Å²) in [4.78, 5) is 2.14. The van der Waals surface area contributed by atoms with Crippen LogP contribution in [0.25, 0.3) is 0 Å². The molecule has 2 aromatic carbocycles. The van der Waals surface area contributed by atoms with Crippen LogP contribution in [0, 0.1) is 6.92 Å². The van der Waals surface area contributed by atoms with E-state index in [1.165, 1.54) is 0 Å². The van der Waals surface area contributed by atoms with Crippen molar-refractivity contribution in [1.82, 2.24) is 0 Å². The monoisotopic (exact) mass is 331 g/mol. The van der Waals surface area contributed by atoms with Crippen molar-refractivity contribution < 1.29 is 5.11 Å². The molecule has 122 valence electrons. The maximum atomic E-state index is 9.12. The van der Waals surface area contributed by atoms with Gasteiger partial charge < -0.3 is 10.0 Å². The Morgan fingerprint density at radius 1 is 1.26 bits per heavy atom. The van der Waals surface area contributed by atoms with Crippen LogP contribution in [0.15, 0.2) is 47.6 Å². The van der Waals surface area contributed by atoms with Gasteiger partial charge in [0, 0.05) is 23.8 Å². The highest BCUT2D eigenvalue weighted by atomic mass is 35.5. The number of aliphatic hydroxyl groups is 1. The highest BCUT2D eigenvalue weighted by molar-refractivity contribution is 6.30. The van der Waals surface area contributed by atoms with E-state index < -0.39 is 0 Å². The Morgan fingerprint density at radius 3 is 2.74 bits per heavy atom. The van der Waals surface area contributed by atoms with Gasteiger partial charge in [-0.2, -0.15) is 5.10 Å². The molecule has 2 N–H and O–H groups in total. The third kappa shape index (κ3) is 4.98. The molecule has 0 radical (unpaired) electrons. The molecule has 0 bridgehead atoms.